The van der Waals surface area contributed by atoms with Crippen molar-refractivity contribution in [3.05, 3.63) is 65.2 Å². The number of benzene rings is 2. The SMILES string of the molecule is CC(NC(=O)c1cc(Cl)c2c(c1)OCCO2)c1ccc(-n2cncn2)cc1. The van der Waals surface area contributed by atoms with Crippen LogP contribution < -0.4 is 14.8 Å². The van der Waals surface area contributed by atoms with Crippen molar-refractivity contribution in [2.24, 2.45) is 0 Å². The Hall–Kier alpha value is -3.06. The van der Waals surface area contributed by atoms with Crippen molar-refractivity contribution in [3.63, 3.8) is 0 Å². The molecule has 0 saturated heterocycles. The number of aromatic nitrogens is 3. The summed E-state index contributed by atoms with van der Waals surface area (Å²) in [4.78, 5) is 16.6. The second-order valence-electron chi connectivity index (χ2n) is 6.11. The maximum Gasteiger partial charge on any atom is 0.251 e. The minimum Gasteiger partial charge on any atom is -0.486 e. The average Bonchev–Trinajstić information content (AvgIpc) is 3.23. The van der Waals surface area contributed by atoms with Gasteiger partial charge in [-0.05, 0) is 36.8 Å². The van der Waals surface area contributed by atoms with Crippen LogP contribution in [0, 0.1) is 0 Å². The number of amides is 1. The lowest BCUT2D eigenvalue weighted by Crippen LogP contribution is -2.27. The quantitative estimate of drug-likeness (QED) is 0.747. The lowest BCUT2D eigenvalue weighted by Gasteiger charge is -2.21. The van der Waals surface area contributed by atoms with Gasteiger partial charge in [0, 0.05) is 5.56 Å². The Kier molecular flexibility index (Phi) is 4.68. The summed E-state index contributed by atoms with van der Waals surface area (Å²) >= 11 is 6.21. The lowest BCUT2D eigenvalue weighted by atomic mass is 10.1. The molecule has 8 heteroatoms. The molecule has 4 rings (SSSR count). The summed E-state index contributed by atoms with van der Waals surface area (Å²) in [5, 5.41) is 7.43. The molecular weight excluding hydrogens is 368 g/mol. The summed E-state index contributed by atoms with van der Waals surface area (Å²) in [7, 11) is 0. The van der Waals surface area contributed by atoms with E-state index in [0.29, 0.717) is 35.3 Å². The zero-order valence-electron chi connectivity index (χ0n) is 14.6. The number of rotatable bonds is 4. The zero-order chi connectivity index (χ0) is 18.8. The van der Waals surface area contributed by atoms with E-state index >= 15 is 0 Å². The molecule has 0 saturated carbocycles. The minimum absolute atomic E-state index is 0.186. The molecular formula is C19H17ClN4O3. The molecule has 1 atom stereocenters. The molecule has 1 N–H and O–H groups in total. The van der Waals surface area contributed by atoms with Crippen LogP contribution in [0.3, 0.4) is 0 Å². The number of hydrogen-bond donors (Lipinski definition) is 1. The Morgan fingerprint density at radius 2 is 2.00 bits per heavy atom. The summed E-state index contributed by atoms with van der Waals surface area (Å²) < 4.78 is 12.7. The number of carbonyl (C=O) groups excluding carboxylic acids is 1. The number of fused-ring (bicyclic) bond motifs is 1. The number of carbonyl (C=O) groups is 1. The lowest BCUT2D eigenvalue weighted by molar-refractivity contribution is 0.0938. The van der Waals surface area contributed by atoms with Crippen molar-refractivity contribution in [3.8, 4) is 17.2 Å². The Morgan fingerprint density at radius 1 is 1.22 bits per heavy atom. The van der Waals surface area contributed by atoms with Crippen molar-refractivity contribution in [1.82, 2.24) is 20.1 Å². The van der Waals surface area contributed by atoms with E-state index in [2.05, 4.69) is 15.4 Å². The fourth-order valence-electron chi connectivity index (χ4n) is 2.86. The summed E-state index contributed by atoms with van der Waals surface area (Å²) in [5.74, 6) is 0.738. The second kappa shape index (κ2) is 7.28. The summed E-state index contributed by atoms with van der Waals surface area (Å²) in [5.41, 5.74) is 2.29. The highest BCUT2D eigenvalue weighted by atomic mass is 35.5. The van der Waals surface area contributed by atoms with Gasteiger partial charge in [0.15, 0.2) is 11.5 Å². The van der Waals surface area contributed by atoms with Gasteiger partial charge in [0.25, 0.3) is 5.91 Å². The zero-order valence-corrected chi connectivity index (χ0v) is 15.3. The fraction of sp³-hybridized carbons (Fsp3) is 0.211. The van der Waals surface area contributed by atoms with Crippen molar-refractivity contribution in [2.75, 3.05) is 13.2 Å². The van der Waals surface area contributed by atoms with E-state index in [-0.39, 0.29) is 11.9 Å². The van der Waals surface area contributed by atoms with Gasteiger partial charge in [-0.25, -0.2) is 9.67 Å². The molecule has 0 fully saturated rings. The fourth-order valence-corrected chi connectivity index (χ4v) is 3.13. The summed E-state index contributed by atoms with van der Waals surface area (Å²) in [6.45, 7) is 2.80. The van der Waals surface area contributed by atoms with Gasteiger partial charge in [0.1, 0.15) is 25.9 Å². The highest BCUT2D eigenvalue weighted by Gasteiger charge is 2.20. The van der Waals surface area contributed by atoms with Crippen molar-refractivity contribution in [2.45, 2.75) is 13.0 Å². The first-order valence-corrected chi connectivity index (χ1v) is 8.84. The Morgan fingerprint density at radius 3 is 2.74 bits per heavy atom. The van der Waals surface area contributed by atoms with E-state index in [4.69, 9.17) is 21.1 Å². The van der Waals surface area contributed by atoms with Gasteiger partial charge >= 0.3 is 0 Å². The molecule has 2 aromatic carbocycles. The maximum absolute atomic E-state index is 12.6. The standard InChI is InChI=1S/C19H17ClN4O3/c1-12(13-2-4-15(5-3-13)24-11-21-10-22-24)23-19(25)14-8-16(20)18-17(9-14)26-6-7-27-18/h2-5,8-12H,6-7H2,1H3,(H,23,25). The van der Waals surface area contributed by atoms with Gasteiger partial charge in [-0.3, -0.25) is 4.79 Å². The molecule has 0 spiro atoms. The summed E-state index contributed by atoms with van der Waals surface area (Å²) in [6, 6.07) is 10.8. The number of nitrogens with one attached hydrogen (secondary N) is 1. The van der Waals surface area contributed by atoms with Gasteiger partial charge in [0.05, 0.1) is 16.8 Å². The van der Waals surface area contributed by atoms with Crippen molar-refractivity contribution < 1.29 is 14.3 Å². The topological polar surface area (TPSA) is 78.3 Å². The first-order valence-electron chi connectivity index (χ1n) is 8.47. The van der Waals surface area contributed by atoms with Crippen LogP contribution in [0.1, 0.15) is 28.9 Å². The van der Waals surface area contributed by atoms with Crippen LogP contribution in [-0.2, 0) is 0 Å². The molecule has 3 aromatic rings. The highest BCUT2D eigenvalue weighted by molar-refractivity contribution is 6.32. The van der Waals surface area contributed by atoms with Gasteiger partial charge in [-0.1, -0.05) is 23.7 Å². The van der Waals surface area contributed by atoms with Gasteiger partial charge in [0.2, 0.25) is 0 Å². The molecule has 1 aromatic heterocycles. The summed E-state index contributed by atoms with van der Waals surface area (Å²) in [6.07, 6.45) is 3.11. The monoisotopic (exact) mass is 384 g/mol. The third-order valence-electron chi connectivity index (χ3n) is 4.28. The van der Waals surface area contributed by atoms with Crippen LogP contribution >= 0.6 is 11.6 Å². The maximum atomic E-state index is 12.6. The van der Waals surface area contributed by atoms with Crippen LogP contribution in [0.5, 0.6) is 11.5 Å². The second-order valence-corrected chi connectivity index (χ2v) is 6.52. The predicted molar refractivity (Wildman–Crippen MR) is 99.7 cm³/mol. The highest BCUT2D eigenvalue weighted by Crippen LogP contribution is 2.38. The van der Waals surface area contributed by atoms with E-state index in [0.717, 1.165) is 11.3 Å². The van der Waals surface area contributed by atoms with Gasteiger partial charge in [-0.15, -0.1) is 0 Å². The van der Waals surface area contributed by atoms with Crippen LogP contribution in [0.25, 0.3) is 5.69 Å². The molecule has 138 valence electrons. The van der Waals surface area contributed by atoms with Gasteiger partial charge < -0.3 is 14.8 Å². The minimum atomic E-state index is -0.235. The number of nitrogens with zero attached hydrogens (tertiary/aromatic N) is 3. The molecule has 2 heterocycles. The van der Waals surface area contributed by atoms with Crippen LogP contribution in [0.2, 0.25) is 5.02 Å². The molecule has 1 aliphatic rings. The molecule has 27 heavy (non-hydrogen) atoms. The van der Waals surface area contributed by atoms with E-state index in [9.17, 15) is 4.79 Å². The van der Waals surface area contributed by atoms with Crippen molar-refractivity contribution in [1.29, 1.82) is 0 Å². The molecule has 1 aliphatic heterocycles. The number of halogens is 1. The van der Waals surface area contributed by atoms with Gasteiger partial charge in [-0.2, -0.15) is 5.10 Å². The normalized spacial score (nSPS) is 13.9. The Balaban J connectivity index is 1.48. The first-order chi connectivity index (χ1) is 13.1. The van der Waals surface area contributed by atoms with Crippen LogP contribution in [-0.4, -0.2) is 33.9 Å². The van der Waals surface area contributed by atoms with E-state index in [1.807, 2.05) is 31.2 Å². The largest absolute Gasteiger partial charge is 0.486 e. The smallest absolute Gasteiger partial charge is 0.251 e. The average molecular weight is 385 g/mol. The number of hydrogen-bond acceptors (Lipinski definition) is 5. The molecule has 0 aliphatic carbocycles. The third kappa shape index (κ3) is 3.59. The van der Waals surface area contributed by atoms with E-state index in [1.54, 1.807) is 23.1 Å². The molecule has 1 amide bonds. The van der Waals surface area contributed by atoms with E-state index in [1.165, 1.54) is 6.33 Å². The van der Waals surface area contributed by atoms with Crippen molar-refractivity contribution >= 4 is 17.5 Å². The van der Waals surface area contributed by atoms with E-state index < -0.39 is 0 Å². The molecule has 1 unspecified atom stereocenters. The first kappa shape index (κ1) is 17.4. The Bertz CT molecular complexity index is 958. The van der Waals surface area contributed by atoms with Crippen LogP contribution in [0.4, 0.5) is 0 Å². The molecule has 0 radical (unpaired) electrons. The Labute approximate surface area is 160 Å². The molecule has 0 bridgehead atoms. The third-order valence-corrected chi connectivity index (χ3v) is 4.56. The number of ether oxygens (including phenoxy) is 2. The molecule has 7 nitrogen and oxygen atoms in total. The van der Waals surface area contributed by atoms with Crippen LogP contribution in [0.15, 0.2) is 49.1 Å². The predicted octanol–water partition coefficient (Wildman–Crippen LogP) is 3.18.